The van der Waals surface area contributed by atoms with Gasteiger partial charge in [-0.25, -0.2) is 9.18 Å². The minimum absolute atomic E-state index is 0.338. The average Bonchev–Trinajstić information content (AvgIpc) is 2.66. The summed E-state index contributed by atoms with van der Waals surface area (Å²) in [5.41, 5.74) is 0.972. The van der Waals surface area contributed by atoms with E-state index >= 15 is 0 Å². The first-order valence-electron chi connectivity index (χ1n) is 8.01. The van der Waals surface area contributed by atoms with E-state index in [1.807, 2.05) is 24.3 Å². The second-order valence-corrected chi connectivity index (χ2v) is 5.32. The first kappa shape index (κ1) is 19.2. The Bertz CT molecular complexity index is 733. The van der Waals surface area contributed by atoms with E-state index < -0.39 is 24.3 Å². The lowest BCUT2D eigenvalue weighted by Crippen LogP contribution is -2.31. The first-order chi connectivity index (χ1) is 12.6. The zero-order valence-electron chi connectivity index (χ0n) is 14.4. The first-order valence-corrected chi connectivity index (χ1v) is 8.01. The van der Waals surface area contributed by atoms with Crippen LogP contribution in [0.3, 0.4) is 0 Å². The normalized spacial score (nSPS) is 10.1. The van der Waals surface area contributed by atoms with Gasteiger partial charge >= 0.3 is 5.97 Å². The Morgan fingerprint density at radius 2 is 1.77 bits per heavy atom. The van der Waals surface area contributed by atoms with Crippen molar-refractivity contribution in [2.45, 2.75) is 6.42 Å². The largest absolute Gasteiger partial charge is 0.496 e. The van der Waals surface area contributed by atoms with Crippen molar-refractivity contribution in [3.05, 3.63) is 59.9 Å². The van der Waals surface area contributed by atoms with E-state index in [0.717, 1.165) is 11.3 Å². The summed E-state index contributed by atoms with van der Waals surface area (Å²) in [6.45, 7) is -0.361. The third kappa shape index (κ3) is 6.43. The van der Waals surface area contributed by atoms with Gasteiger partial charge in [0.25, 0.3) is 5.91 Å². The lowest BCUT2D eigenvalue weighted by atomic mass is 10.1. The predicted octanol–water partition coefficient (Wildman–Crippen LogP) is 2.12. The van der Waals surface area contributed by atoms with Crippen LogP contribution < -0.4 is 14.8 Å². The molecule has 138 valence electrons. The highest BCUT2D eigenvalue weighted by Crippen LogP contribution is 2.17. The second-order valence-electron chi connectivity index (χ2n) is 5.32. The number of ether oxygens (including phenoxy) is 3. The molecular weight excluding hydrogens is 341 g/mol. The van der Waals surface area contributed by atoms with Gasteiger partial charge in [-0.3, -0.25) is 4.79 Å². The number of carbonyl (C=O) groups excluding carboxylic acids is 2. The topological polar surface area (TPSA) is 73.9 Å². The van der Waals surface area contributed by atoms with Crippen molar-refractivity contribution >= 4 is 11.9 Å². The maximum atomic E-state index is 12.7. The maximum absolute atomic E-state index is 12.7. The summed E-state index contributed by atoms with van der Waals surface area (Å²) in [7, 11) is 1.59. The van der Waals surface area contributed by atoms with Crippen LogP contribution in [0.25, 0.3) is 0 Å². The number of hydrogen-bond acceptors (Lipinski definition) is 5. The van der Waals surface area contributed by atoms with Crippen molar-refractivity contribution in [1.29, 1.82) is 0 Å². The molecule has 0 spiro atoms. The molecule has 0 aliphatic heterocycles. The number of halogens is 1. The fraction of sp³-hybridized carbons (Fsp3) is 0.263. The molecule has 2 aromatic rings. The van der Waals surface area contributed by atoms with Crippen LogP contribution in [0.5, 0.6) is 11.5 Å². The van der Waals surface area contributed by atoms with E-state index in [4.69, 9.17) is 14.2 Å². The molecule has 1 N–H and O–H groups in total. The number of methoxy groups -OCH3 is 1. The molecule has 26 heavy (non-hydrogen) atoms. The molecular formula is C19H20FNO5. The van der Waals surface area contributed by atoms with Crippen LogP contribution in [0, 0.1) is 5.82 Å². The number of esters is 1. The fourth-order valence-corrected chi connectivity index (χ4v) is 2.16. The molecule has 0 saturated carbocycles. The number of benzene rings is 2. The zero-order chi connectivity index (χ0) is 18.8. The molecule has 1 amide bonds. The monoisotopic (exact) mass is 361 g/mol. The van der Waals surface area contributed by atoms with Crippen molar-refractivity contribution in [3.63, 3.8) is 0 Å². The van der Waals surface area contributed by atoms with Gasteiger partial charge in [-0.1, -0.05) is 18.2 Å². The molecule has 0 aliphatic rings. The van der Waals surface area contributed by atoms with Gasteiger partial charge in [0.05, 0.1) is 7.11 Å². The minimum atomic E-state index is -0.686. The molecule has 0 fully saturated rings. The molecule has 0 heterocycles. The molecule has 0 aliphatic carbocycles. The molecule has 0 radical (unpaired) electrons. The number of carbonyl (C=O) groups is 2. The Labute approximate surface area is 150 Å². The van der Waals surface area contributed by atoms with E-state index in [9.17, 15) is 14.0 Å². The summed E-state index contributed by atoms with van der Waals surface area (Å²) in [5.74, 6) is -0.398. The third-order valence-corrected chi connectivity index (χ3v) is 3.44. The fourth-order valence-electron chi connectivity index (χ4n) is 2.16. The van der Waals surface area contributed by atoms with Gasteiger partial charge < -0.3 is 19.5 Å². The molecule has 2 rings (SSSR count). The van der Waals surface area contributed by atoms with Crippen molar-refractivity contribution < 1.29 is 28.2 Å². The smallest absolute Gasteiger partial charge is 0.344 e. The van der Waals surface area contributed by atoms with Crippen LogP contribution in [-0.2, 0) is 20.7 Å². The van der Waals surface area contributed by atoms with Crippen LogP contribution in [0.15, 0.2) is 48.5 Å². The van der Waals surface area contributed by atoms with Crippen LogP contribution >= 0.6 is 0 Å². The third-order valence-electron chi connectivity index (χ3n) is 3.44. The van der Waals surface area contributed by atoms with Crippen molar-refractivity contribution in [3.8, 4) is 11.5 Å². The number of para-hydroxylation sites is 1. The highest BCUT2D eigenvalue weighted by molar-refractivity contribution is 5.80. The molecule has 0 unspecified atom stereocenters. The number of amides is 1. The average molecular weight is 361 g/mol. The minimum Gasteiger partial charge on any atom is -0.496 e. The summed E-state index contributed by atoms with van der Waals surface area (Å²) < 4.78 is 27.9. The highest BCUT2D eigenvalue weighted by atomic mass is 19.1. The highest BCUT2D eigenvalue weighted by Gasteiger charge is 2.09. The van der Waals surface area contributed by atoms with Crippen LogP contribution in [0.4, 0.5) is 4.39 Å². The van der Waals surface area contributed by atoms with Gasteiger partial charge in [0.15, 0.2) is 13.2 Å². The SMILES string of the molecule is COc1ccccc1CCNC(=O)COC(=O)COc1ccc(F)cc1. The van der Waals surface area contributed by atoms with E-state index in [1.165, 1.54) is 24.3 Å². The van der Waals surface area contributed by atoms with Crippen molar-refractivity contribution in [1.82, 2.24) is 5.32 Å². The molecule has 0 aromatic heterocycles. The van der Waals surface area contributed by atoms with Crippen molar-refractivity contribution in [2.75, 3.05) is 26.9 Å². The quantitative estimate of drug-likeness (QED) is 0.693. The summed E-state index contributed by atoms with van der Waals surface area (Å²) >= 11 is 0. The molecule has 0 saturated heterocycles. The van der Waals surface area contributed by atoms with E-state index in [0.29, 0.717) is 18.7 Å². The summed E-state index contributed by atoms with van der Waals surface area (Å²) in [4.78, 5) is 23.3. The molecule has 0 bridgehead atoms. The van der Waals surface area contributed by atoms with E-state index in [2.05, 4.69) is 5.32 Å². The van der Waals surface area contributed by atoms with E-state index in [1.54, 1.807) is 7.11 Å². The summed E-state index contributed by atoms with van der Waals surface area (Å²) in [6, 6.07) is 12.8. The van der Waals surface area contributed by atoms with Crippen LogP contribution in [0.1, 0.15) is 5.56 Å². The van der Waals surface area contributed by atoms with Gasteiger partial charge in [0.1, 0.15) is 17.3 Å². The molecule has 6 nitrogen and oxygen atoms in total. The molecule has 7 heteroatoms. The standard InChI is InChI=1S/C19H20FNO5/c1-24-17-5-3-2-4-14(17)10-11-21-18(22)12-26-19(23)13-25-16-8-6-15(20)7-9-16/h2-9H,10-13H2,1H3,(H,21,22). The van der Waals surface area contributed by atoms with Gasteiger partial charge in [0, 0.05) is 6.54 Å². The molecule has 2 aromatic carbocycles. The lowest BCUT2D eigenvalue weighted by Gasteiger charge is -2.10. The Morgan fingerprint density at radius 1 is 1.04 bits per heavy atom. The van der Waals surface area contributed by atoms with Gasteiger partial charge in [0.2, 0.25) is 0 Å². The van der Waals surface area contributed by atoms with E-state index in [-0.39, 0.29) is 6.61 Å². The summed E-state index contributed by atoms with van der Waals surface area (Å²) in [6.07, 6.45) is 0.595. The zero-order valence-corrected chi connectivity index (χ0v) is 14.4. The van der Waals surface area contributed by atoms with Gasteiger partial charge in [-0.2, -0.15) is 0 Å². The Balaban J connectivity index is 1.63. The number of nitrogens with one attached hydrogen (secondary N) is 1. The Hall–Kier alpha value is -3.09. The van der Waals surface area contributed by atoms with Crippen molar-refractivity contribution in [2.24, 2.45) is 0 Å². The number of rotatable bonds is 9. The Kier molecular flexibility index (Phi) is 7.42. The number of hydrogen-bond donors (Lipinski definition) is 1. The molecule has 0 atom stereocenters. The summed E-state index contributed by atoms with van der Waals surface area (Å²) in [5, 5.41) is 2.66. The second kappa shape index (κ2) is 10.0. The lowest BCUT2D eigenvalue weighted by molar-refractivity contribution is -0.150. The van der Waals surface area contributed by atoms with Gasteiger partial charge in [-0.05, 0) is 42.3 Å². The predicted molar refractivity (Wildman–Crippen MR) is 92.6 cm³/mol. The van der Waals surface area contributed by atoms with Crippen LogP contribution in [-0.4, -0.2) is 38.7 Å². The van der Waals surface area contributed by atoms with Crippen LogP contribution in [0.2, 0.25) is 0 Å². The van der Waals surface area contributed by atoms with Gasteiger partial charge in [-0.15, -0.1) is 0 Å². The maximum Gasteiger partial charge on any atom is 0.344 e. The Morgan fingerprint density at radius 3 is 2.50 bits per heavy atom.